The van der Waals surface area contributed by atoms with Crippen molar-refractivity contribution in [3.05, 3.63) is 255 Å². The maximum Gasteiger partial charge on any atom is -0.000742 e. The third kappa shape index (κ3) is 5.36. The molecule has 0 heterocycles. The van der Waals surface area contributed by atoms with Crippen LogP contribution in [-0.4, -0.2) is 0 Å². The minimum atomic E-state index is 1.22. The molecule has 0 amide bonds. The van der Waals surface area contributed by atoms with E-state index in [1.165, 1.54) is 163 Å². The molecule has 0 aliphatic heterocycles. The van der Waals surface area contributed by atoms with Crippen LogP contribution in [0.4, 0.5) is 0 Å². The van der Waals surface area contributed by atoms with Crippen molar-refractivity contribution in [2.24, 2.45) is 0 Å². The molecule has 16 rings (SSSR count). The highest BCUT2D eigenvalue weighted by Crippen LogP contribution is 2.56. The first-order valence-corrected chi connectivity index (χ1v) is 25.2. The average molecular weight is 907 g/mol. The van der Waals surface area contributed by atoms with Gasteiger partial charge in [0, 0.05) is 0 Å². The fourth-order valence-corrected chi connectivity index (χ4v) is 13.3. The van der Waals surface area contributed by atoms with Crippen molar-refractivity contribution in [3.63, 3.8) is 0 Å². The molecule has 0 bridgehead atoms. The smallest absolute Gasteiger partial charge is 0.000742 e. The lowest BCUT2D eigenvalue weighted by Crippen LogP contribution is -1.97. The lowest BCUT2D eigenvalue weighted by atomic mass is 9.77. The van der Waals surface area contributed by atoms with Gasteiger partial charge in [0.25, 0.3) is 0 Å². The Morgan fingerprint density at radius 2 is 0.389 bits per heavy atom. The van der Waals surface area contributed by atoms with E-state index in [-0.39, 0.29) is 0 Å². The Bertz CT molecular complexity index is 4600. The molecule has 0 atom stereocenters. The van der Waals surface area contributed by atoms with Gasteiger partial charge in [0.15, 0.2) is 0 Å². The summed E-state index contributed by atoms with van der Waals surface area (Å²) in [6, 6.07) is 95.8. The molecule has 72 heavy (non-hydrogen) atoms. The standard InChI is InChI=1S/C72H42/c1-5-21-43(22-6-1)61-59-41-47-37-38-48-42-60-62(44-23-7-2-8-24-44)70-54-34-18-14-30-50(54)52-32-16-20-36-56(52)72(70)66(46-27-11-4-12-28-46)68(60)58-40-39-57(63(47)64(48)58)67(59)65(45-25-9-3-10-26-45)71-55-35-19-15-31-51(55)49-29-13-17-33-53(49)69(61)71/h1-42H. The minimum Gasteiger partial charge on any atom is -0.0622 e. The molecule has 0 aromatic heterocycles. The van der Waals surface area contributed by atoms with Gasteiger partial charge in [-0.3, -0.25) is 0 Å². The highest BCUT2D eigenvalue weighted by molar-refractivity contribution is 6.45. The van der Waals surface area contributed by atoms with Crippen LogP contribution in [0.15, 0.2) is 255 Å². The van der Waals surface area contributed by atoms with Crippen LogP contribution in [0.3, 0.4) is 0 Å². The molecule has 0 saturated carbocycles. The molecule has 0 heteroatoms. The Morgan fingerprint density at radius 1 is 0.139 bits per heavy atom. The molecule has 0 saturated heterocycles. The van der Waals surface area contributed by atoms with E-state index in [9.17, 15) is 0 Å². The van der Waals surface area contributed by atoms with Crippen LogP contribution in [0, 0.1) is 0 Å². The third-order valence-electron chi connectivity index (χ3n) is 16.1. The van der Waals surface area contributed by atoms with Crippen LogP contribution < -0.4 is 0 Å². The molecular weight excluding hydrogens is 865 g/mol. The second kappa shape index (κ2) is 15.1. The second-order valence-corrected chi connectivity index (χ2v) is 19.7. The van der Waals surface area contributed by atoms with E-state index >= 15 is 0 Å². The van der Waals surface area contributed by atoms with Gasteiger partial charge in [0.1, 0.15) is 0 Å². The number of hydrogen-bond acceptors (Lipinski definition) is 0. The van der Waals surface area contributed by atoms with E-state index < -0.39 is 0 Å². The zero-order valence-electron chi connectivity index (χ0n) is 39.2. The number of rotatable bonds is 4. The molecule has 0 radical (unpaired) electrons. The molecule has 0 nitrogen and oxygen atoms in total. The van der Waals surface area contributed by atoms with Crippen molar-refractivity contribution in [1.82, 2.24) is 0 Å². The van der Waals surface area contributed by atoms with Crippen LogP contribution >= 0.6 is 0 Å². The maximum absolute atomic E-state index is 2.53. The molecular formula is C72H42. The van der Waals surface area contributed by atoms with Gasteiger partial charge in [-0.25, -0.2) is 0 Å². The van der Waals surface area contributed by atoms with Crippen LogP contribution in [0.1, 0.15) is 0 Å². The Morgan fingerprint density at radius 3 is 0.694 bits per heavy atom. The summed E-state index contributed by atoms with van der Waals surface area (Å²) in [4.78, 5) is 0. The van der Waals surface area contributed by atoms with E-state index in [4.69, 9.17) is 0 Å². The molecule has 0 aliphatic rings. The monoisotopic (exact) mass is 906 g/mol. The van der Waals surface area contributed by atoms with Crippen LogP contribution in [-0.2, 0) is 0 Å². The van der Waals surface area contributed by atoms with Crippen molar-refractivity contribution >= 4 is 118 Å². The third-order valence-corrected chi connectivity index (χ3v) is 16.1. The fraction of sp³-hybridized carbons (Fsp3) is 0. The molecule has 0 aliphatic carbocycles. The number of benzene rings is 16. The quantitative estimate of drug-likeness (QED) is 0.122. The summed E-state index contributed by atoms with van der Waals surface area (Å²) < 4.78 is 0. The molecule has 16 aromatic carbocycles. The summed E-state index contributed by atoms with van der Waals surface area (Å²) >= 11 is 0. The van der Waals surface area contributed by atoms with Crippen LogP contribution in [0.2, 0.25) is 0 Å². The minimum absolute atomic E-state index is 1.22. The van der Waals surface area contributed by atoms with Crippen LogP contribution in [0.25, 0.3) is 163 Å². The van der Waals surface area contributed by atoms with Gasteiger partial charge in [-0.05, 0) is 175 Å². The zero-order chi connectivity index (χ0) is 47.0. The average Bonchev–Trinajstić information content (AvgIpc) is 3.46. The van der Waals surface area contributed by atoms with E-state index in [1.54, 1.807) is 0 Å². The normalized spacial score (nSPS) is 12.2. The topological polar surface area (TPSA) is 0 Å². The summed E-state index contributed by atoms with van der Waals surface area (Å²) in [6.45, 7) is 0. The largest absolute Gasteiger partial charge is 0.0622 e. The summed E-state index contributed by atoms with van der Waals surface area (Å²) in [5.41, 5.74) is 10.0. The van der Waals surface area contributed by atoms with Gasteiger partial charge >= 0.3 is 0 Å². The lowest BCUT2D eigenvalue weighted by Gasteiger charge is -2.25. The van der Waals surface area contributed by atoms with Crippen molar-refractivity contribution in [2.45, 2.75) is 0 Å². The van der Waals surface area contributed by atoms with Crippen molar-refractivity contribution in [2.75, 3.05) is 0 Å². The van der Waals surface area contributed by atoms with E-state index in [2.05, 4.69) is 255 Å². The SMILES string of the molecule is c1ccc(-c2c3cc4ccc5cc6c(-c7ccccc7)c7c8ccccc8c8ccccc8c7c(-c7ccccc7)c6c6ccc(c3c(-c3ccccc3)c3c7ccccc7c7ccccc7c23)c4c56)cc1. The molecule has 330 valence electrons. The molecule has 0 unspecified atom stereocenters. The van der Waals surface area contributed by atoms with Gasteiger partial charge in [-0.1, -0.05) is 243 Å². The highest BCUT2D eigenvalue weighted by Gasteiger charge is 2.28. The predicted molar refractivity (Wildman–Crippen MR) is 312 cm³/mol. The van der Waals surface area contributed by atoms with E-state index in [0.717, 1.165) is 0 Å². The van der Waals surface area contributed by atoms with Gasteiger partial charge in [0.2, 0.25) is 0 Å². The molecule has 0 spiro atoms. The van der Waals surface area contributed by atoms with Crippen molar-refractivity contribution < 1.29 is 0 Å². The highest BCUT2D eigenvalue weighted by atomic mass is 14.3. The Kier molecular flexibility index (Phi) is 8.26. The second-order valence-electron chi connectivity index (χ2n) is 19.7. The lowest BCUT2D eigenvalue weighted by molar-refractivity contribution is 1.67. The zero-order valence-corrected chi connectivity index (χ0v) is 39.2. The fourth-order valence-electron chi connectivity index (χ4n) is 13.3. The number of hydrogen-bond donors (Lipinski definition) is 0. The number of fused-ring (bicyclic) bond motifs is 16. The Balaban J connectivity index is 1.19. The van der Waals surface area contributed by atoms with E-state index in [0.29, 0.717) is 0 Å². The van der Waals surface area contributed by atoms with Crippen LogP contribution in [0.5, 0.6) is 0 Å². The predicted octanol–water partition coefficient (Wildman–Crippen LogP) is 20.5. The van der Waals surface area contributed by atoms with Crippen molar-refractivity contribution in [1.29, 1.82) is 0 Å². The first kappa shape index (κ1) is 39.5. The summed E-state index contributed by atoms with van der Waals surface area (Å²) in [6.07, 6.45) is 0. The van der Waals surface area contributed by atoms with Gasteiger partial charge in [0.05, 0.1) is 0 Å². The summed E-state index contributed by atoms with van der Waals surface area (Å²) in [5, 5.41) is 28.2. The molecule has 16 aromatic rings. The maximum atomic E-state index is 2.53. The Labute approximate surface area is 415 Å². The van der Waals surface area contributed by atoms with Gasteiger partial charge < -0.3 is 0 Å². The van der Waals surface area contributed by atoms with Gasteiger partial charge in [-0.2, -0.15) is 0 Å². The summed E-state index contributed by atoms with van der Waals surface area (Å²) in [5.74, 6) is 0. The first-order chi connectivity index (χ1) is 35.8. The Hall–Kier alpha value is -9.36. The first-order valence-electron chi connectivity index (χ1n) is 25.2. The molecule has 0 fully saturated rings. The van der Waals surface area contributed by atoms with Gasteiger partial charge in [-0.15, -0.1) is 0 Å². The van der Waals surface area contributed by atoms with E-state index in [1.807, 2.05) is 0 Å². The molecule has 0 N–H and O–H groups in total. The van der Waals surface area contributed by atoms with Crippen molar-refractivity contribution in [3.8, 4) is 44.5 Å². The summed E-state index contributed by atoms with van der Waals surface area (Å²) in [7, 11) is 0.